The van der Waals surface area contributed by atoms with Crippen molar-refractivity contribution in [1.82, 2.24) is 0 Å². The van der Waals surface area contributed by atoms with Gasteiger partial charge >= 0.3 is 5.97 Å². The molecule has 7 heteroatoms. The van der Waals surface area contributed by atoms with Crippen LogP contribution in [0.2, 0.25) is 0 Å². The molecule has 0 bridgehead atoms. The van der Waals surface area contributed by atoms with Crippen LogP contribution in [0.4, 0.5) is 0 Å². The average Bonchev–Trinajstić information content (AvgIpc) is 2.57. The molecule has 25 heavy (non-hydrogen) atoms. The van der Waals surface area contributed by atoms with Gasteiger partial charge in [0.15, 0.2) is 28.3 Å². The summed E-state index contributed by atoms with van der Waals surface area (Å²) in [7, 11) is -3.42. The monoisotopic (exact) mass is 426 g/mol. The Morgan fingerprint density at radius 1 is 1.12 bits per heavy atom. The van der Waals surface area contributed by atoms with Crippen molar-refractivity contribution in [1.29, 1.82) is 0 Å². The van der Waals surface area contributed by atoms with Gasteiger partial charge in [0.2, 0.25) is 0 Å². The largest absolute Gasteiger partial charge is 0.463 e. The molecule has 0 spiro atoms. The third-order valence-electron chi connectivity index (χ3n) is 3.32. The van der Waals surface area contributed by atoms with Gasteiger partial charge in [-0.25, -0.2) is 13.2 Å². The molecule has 0 fully saturated rings. The number of esters is 1. The van der Waals surface area contributed by atoms with Gasteiger partial charge in [-0.3, -0.25) is 0 Å². The second-order valence-electron chi connectivity index (χ2n) is 5.07. The molecule has 1 heterocycles. The van der Waals surface area contributed by atoms with Crippen LogP contribution in [0.15, 0.2) is 71.8 Å². The fraction of sp³-hybridized carbons (Fsp3) is 0.222. The summed E-state index contributed by atoms with van der Waals surface area (Å²) in [5.74, 6) is -0.516. The van der Waals surface area contributed by atoms with E-state index in [9.17, 15) is 13.2 Å². The van der Waals surface area contributed by atoms with Crippen molar-refractivity contribution in [3.63, 3.8) is 0 Å². The van der Waals surface area contributed by atoms with E-state index in [0.29, 0.717) is 23.7 Å². The van der Waals surface area contributed by atoms with Crippen molar-refractivity contribution >= 4 is 32.8 Å². The van der Waals surface area contributed by atoms with E-state index < -0.39 is 15.8 Å². The quantitative estimate of drug-likeness (QED) is 0.387. The molecule has 0 aliphatic carbocycles. The Kier molecular flexibility index (Phi) is 8.51. The molecule has 134 valence electrons. The maximum atomic E-state index is 12.5. The number of sulfone groups is 1. The van der Waals surface area contributed by atoms with Crippen LogP contribution < -0.4 is 4.57 Å². The van der Waals surface area contributed by atoms with Gasteiger partial charge in [-0.15, -0.1) is 17.0 Å². The van der Waals surface area contributed by atoms with E-state index in [1.165, 1.54) is 6.08 Å². The van der Waals surface area contributed by atoms with Gasteiger partial charge in [0, 0.05) is 18.2 Å². The summed E-state index contributed by atoms with van der Waals surface area (Å²) >= 11 is 0. The van der Waals surface area contributed by atoms with Gasteiger partial charge in [-0.1, -0.05) is 24.3 Å². The number of hydrogen-bond acceptors (Lipinski definition) is 4. The lowest BCUT2D eigenvalue weighted by atomic mass is 10.3. The summed E-state index contributed by atoms with van der Waals surface area (Å²) in [6.07, 6.45) is 4.78. The summed E-state index contributed by atoms with van der Waals surface area (Å²) in [6, 6.07) is 13.7. The van der Waals surface area contributed by atoms with Crippen LogP contribution in [0.25, 0.3) is 0 Å². The molecule has 1 aromatic heterocycles. The molecule has 2 aromatic rings. The molecule has 1 aromatic carbocycles. The molecular weight excluding hydrogens is 406 g/mol. The molecule has 0 unspecified atom stereocenters. The lowest BCUT2D eigenvalue weighted by Crippen LogP contribution is -2.38. The van der Waals surface area contributed by atoms with E-state index in [0.717, 1.165) is 0 Å². The van der Waals surface area contributed by atoms with Crippen LogP contribution in [0.1, 0.15) is 12.6 Å². The highest BCUT2D eigenvalue weighted by Crippen LogP contribution is 2.14. The third-order valence-corrected chi connectivity index (χ3v) is 4.98. The zero-order chi connectivity index (χ0) is 17.4. The predicted molar refractivity (Wildman–Crippen MR) is 100 cm³/mol. The first-order valence-corrected chi connectivity index (χ1v) is 9.26. The standard InChI is InChI=1S/C18H20NO4S.BrH/c1-2-23-18(20)12-8-14-19-13-7-6-9-16(19)15-24(21,22)17-10-4-3-5-11-17;/h3-13H,2,14-15H2,1H3;1H/q+1;/b12-8+;. The topological polar surface area (TPSA) is 64.3 Å². The summed E-state index contributed by atoms with van der Waals surface area (Å²) in [5.41, 5.74) is 0.648. The molecule has 0 aliphatic heterocycles. The number of carbonyl (C=O) groups is 1. The summed E-state index contributed by atoms with van der Waals surface area (Å²) in [5, 5.41) is 0. The van der Waals surface area contributed by atoms with Gasteiger partial charge in [-0.2, -0.15) is 4.57 Å². The number of halogens is 1. The second-order valence-corrected chi connectivity index (χ2v) is 7.06. The van der Waals surface area contributed by atoms with Crippen molar-refractivity contribution < 1.29 is 22.5 Å². The van der Waals surface area contributed by atoms with E-state index >= 15 is 0 Å². The zero-order valence-corrected chi connectivity index (χ0v) is 16.4. The number of ether oxygens (including phenoxy) is 1. The number of benzene rings is 1. The first-order chi connectivity index (χ1) is 11.5. The zero-order valence-electron chi connectivity index (χ0n) is 13.9. The van der Waals surface area contributed by atoms with Crippen LogP contribution in [0, 0.1) is 0 Å². The Labute approximate surface area is 158 Å². The molecule has 0 amide bonds. The molecule has 0 N–H and O–H groups in total. The van der Waals surface area contributed by atoms with E-state index in [-0.39, 0.29) is 22.7 Å². The van der Waals surface area contributed by atoms with Gasteiger partial charge in [0.05, 0.1) is 11.5 Å². The van der Waals surface area contributed by atoms with E-state index in [1.807, 2.05) is 6.07 Å². The first-order valence-electron chi connectivity index (χ1n) is 7.61. The Morgan fingerprint density at radius 3 is 2.48 bits per heavy atom. The maximum absolute atomic E-state index is 12.5. The maximum Gasteiger partial charge on any atom is 0.330 e. The van der Waals surface area contributed by atoms with Crippen molar-refractivity contribution in [2.24, 2.45) is 0 Å². The fourth-order valence-corrected chi connectivity index (χ4v) is 3.57. The van der Waals surface area contributed by atoms with Crippen molar-refractivity contribution in [2.75, 3.05) is 6.61 Å². The van der Waals surface area contributed by atoms with Gasteiger partial charge in [-0.05, 0) is 25.1 Å². The van der Waals surface area contributed by atoms with Crippen LogP contribution in [0.3, 0.4) is 0 Å². The molecular formula is C18H21BrNO4S+. The number of nitrogens with zero attached hydrogens (tertiary/aromatic N) is 1. The SMILES string of the molecule is Br.CCOC(=O)/C=C/C[n+]1ccccc1CS(=O)(=O)c1ccccc1. The van der Waals surface area contributed by atoms with Gasteiger partial charge < -0.3 is 4.74 Å². The summed E-state index contributed by atoms with van der Waals surface area (Å²) in [6.45, 7) is 2.45. The molecule has 2 rings (SSSR count). The highest BCUT2D eigenvalue weighted by Gasteiger charge is 2.20. The van der Waals surface area contributed by atoms with Crippen LogP contribution >= 0.6 is 17.0 Å². The number of rotatable bonds is 7. The smallest absolute Gasteiger partial charge is 0.330 e. The van der Waals surface area contributed by atoms with Crippen molar-refractivity contribution in [3.8, 4) is 0 Å². The fourth-order valence-electron chi connectivity index (χ4n) is 2.18. The number of hydrogen-bond donors (Lipinski definition) is 0. The molecule has 0 aliphatic rings. The summed E-state index contributed by atoms with van der Waals surface area (Å²) < 4.78 is 31.6. The van der Waals surface area contributed by atoms with Crippen molar-refractivity contribution in [3.05, 3.63) is 72.6 Å². The molecule has 5 nitrogen and oxygen atoms in total. The van der Waals surface area contributed by atoms with Crippen LogP contribution in [0.5, 0.6) is 0 Å². The molecule has 0 saturated carbocycles. The number of allylic oxidation sites excluding steroid dienone is 1. The molecule has 0 radical (unpaired) electrons. The van der Waals surface area contributed by atoms with Crippen LogP contribution in [-0.2, 0) is 31.7 Å². The van der Waals surface area contributed by atoms with Gasteiger partial charge in [0.25, 0.3) is 0 Å². The highest BCUT2D eigenvalue weighted by molar-refractivity contribution is 8.93. The van der Waals surface area contributed by atoms with Gasteiger partial charge in [0.1, 0.15) is 5.75 Å². The summed E-state index contributed by atoms with van der Waals surface area (Å²) in [4.78, 5) is 11.6. The Bertz CT molecular complexity index is 820. The average molecular weight is 427 g/mol. The lowest BCUT2D eigenvalue weighted by molar-refractivity contribution is -0.693. The number of pyridine rings is 1. The van der Waals surface area contributed by atoms with E-state index in [1.54, 1.807) is 66.2 Å². The Balaban J connectivity index is 0.00000312. The van der Waals surface area contributed by atoms with E-state index in [2.05, 4.69) is 0 Å². The normalized spacial score (nSPS) is 11.1. The number of carbonyl (C=O) groups excluding carboxylic acids is 1. The number of aromatic nitrogens is 1. The van der Waals surface area contributed by atoms with Crippen LogP contribution in [-0.4, -0.2) is 21.0 Å². The first kappa shape index (κ1) is 21.1. The minimum Gasteiger partial charge on any atom is -0.463 e. The molecule has 0 atom stereocenters. The second kappa shape index (κ2) is 10.1. The minimum absolute atomic E-state index is 0. The third kappa shape index (κ3) is 6.43. The Morgan fingerprint density at radius 2 is 1.80 bits per heavy atom. The highest BCUT2D eigenvalue weighted by atomic mass is 79.9. The molecule has 0 saturated heterocycles. The predicted octanol–water partition coefficient (Wildman–Crippen LogP) is 2.65. The van der Waals surface area contributed by atoms with Crippen molar-refractivity contribution in [2.45, 2.75) is 24.1 Å². The minimum atomic E-state index is -3.42. The van der Waals surface area contributed by atoms with E-state index in [4.69, 9.17) is 4.74 Å². The Hall–Kier alpha value is -1.99. The lowest BCUT2D eigenvalue weighted by Gasteiger charge is -2.04.